The van der Waals surface area contributed by atoms with Crippen LogP contribution in [0.4, 0.5) is 4.39 Å². The third-order valence-corrected chi connectivity index (χ3v) is 2.81. The van der Waals surface area contributed by atoms with E-state index in [-0.39, 0.29) is 35.4 Å². The number of guanidine groups is 1. The molecular formula is C14H23FIN3O. The molecular weight excluding hydrogens is 372 g/mol. The molecule has 0 fully saturated rings. The predicted octanol–water partition coefficient (Wildman–Crippen LogP) is 2.53. The molecule has 1 rings (SSSR count). The highest BCUT2D eigenvalue weighted by atomic mass is 127. The molecule has 0 aliphatic heterocycles. The molecule has 0 saturated carbocycles. The lowest BCUT2D eigenvalue weighted by Gasteiger charge is -2.24. The molecule has 0 saturated heterocycles. The van der Waals surface area contributed by atoms with Gasteiger partial charge in [-0.15, -0.1) is 24.0 Å². The highest BCUT2D eigenvalue weighted by Gasteiger charge is 2.16. The van der Waals surface area contributed by atoms with Crippen molar-refractivity contribution in [1.29, 1.82) is 0 Å². The molecule has 20 heavy (non-hydrogen) atoms. The first-order valence-corrected chi connectivity index (χ1v) is 6.21. The minimum atomic E-state index is -0.267. The zero-order valence-corrected chi connectivity index (χ0v) is 14.7. The van der Waals surface area contributed by atoms with Gasteiger partial charge in [0.15, 0.2) is 5.96 Å². The van der Waals surface area contributed by atoms with Crippen LogP contribution in [-0.4, -0.2) is 32.3 Å². The largest absolute Gasteiger partial charge is 0.377 e. The van der Waals surface area contributed by atoms with E-state index >= 15 is 0 Å². The number of hydrogen-bond acceptors (Lipinski definition) is 2. The highest BCUT2D eigenvalue weighted by molar-refractivity contribution is 14.0. The van der Waals surface area contributed by atoms with Crippen molar-refractivity contribution < 1.29 is 9.13 Å². The molecule has 0 aliphatic rings. The number of nitrogens with zero attached hydrogens (tertiary/aromatic N) is 1. The fourth-order valence-electron chi connectivity index (χ4n) is 1.42. The van der Waals surface area contributed by atoms with Crippen LogP contribution in [0.3, 0.4) is 0 Å². The van der Waals surface area contributed by atoms with Gasteiger partial charge >= 0.3 is 0 Å². The minimum Gasteiger partial charge on any atom is -0.377 e. The van der Waals surface area contributed by atoms with E-state index in [1.807, 2.05) is 19.9 Å². The first-order valence-electron chi connectivity index (χ1n) is 6.21. The maximum Gasteiger partial charge on any atom is 0.191 e. The van der Waals surface area contributed by atoms with E-state index in [9.17, 15) is 4.39 Å². The Labute approximate surface area is 137 Å². The van der Waals surface area contributed by atoms with Crippen LogP contribution in [0.5, 0.6) is 0 Å². The van der Waals surface area contributed by atoms with Gasteiger partial charge in [-0.2, -0.15) is 0 Å². The van der Waals surface area contributed by atoms with Crippen molar-refractivity contribution in [3.8, 4) is 0 Å². The molecule has 1 aromatic rings. The number of aliphatic imine (C=N–C) groups is 1. The number of halogens is 2. The molecule has 4 nitrogen and oxygen atoms in total. The van der Waals surface area contributed by atoms with Crippen molar-refractivity contribution in [2.24, 2.45) is 4.99 Å². The summed E-state index contributed by atoms with van der Waals surface area (Å²) in [5.41, 5.74) is 0.602. The molecule has 1 aromatic carbocycles. The SMILES string of the molecule is CN=C(NCc1cccc(F)c1)NCC(C)(C)OC.I. The van der Waals surface area contributed by atoms with Gasteiger partial charge in [0.05, 0.1) is 5.60 Å². The molecule has 0 aromatic heterocycles. The summed E-state index contributed by atoms with van der Waals surface area (Å²) in [5, 5.41) is 6.29. The van der Waals surface area contributed by atoms with Crippen LogP contribution in [-0.2, 0) is 11.3 Å². The van der Waals surface area contributed by atoms with Crippen LogP contribution >= 0.6 is 24.0 Å². The van der Waals surface area contributed by atoms with Gasteiger partial charge in [0.25, 0.3) is 0 Å². The van der Waals surface area contributed by atoms with Crippen LogP contribution in [0.1, 0.15) is 19.4 Å². The molecule has 0 amide bonds. The molecule has 0 aliphatic carbocycles. The van der Waals surface area contributed by atoms with Crippen LogP contribution in [0, 0.1) is 5.82 Å². The molecule has 0 radical (unpaired) electrons. The maximum absolute atomic E-state index is 13.0. The standard InChI is InChI=1S/C14H22FN3O.HI/c1-14(2,19-4)10-18-13(16-3)17-9-11-6-5-7-12(15)8-11;/h5-8H,9-10H2,1-4H3,(H2,16,17,18);1H. The molecule has 2 N–H and O–H groups in total. The van der Waals surface area contributed by atoms with E-state index in [1.165, 1.54) is 12.1 Å². The average molecular weight is 395 g/mol. The first kappa shape index (κ1) is 19.1. The molecule has 0 unspecified atom stereocenters. The maximum atomic E-state index is 13.0. The van der Waals surface area contributed by atoms with Crippen LogP contribution in [0.25, 0.3) is 0 Å². The topological polar surface area (TPSA) is 45.7 Å². The summed E-state index contributed by atoms with van der Waals surface area (Å²) in [6.45, 7) is 5.12. The van der Waals surface area contributed by atoms with Gasteiger partial charge in [0.2, 0.25) is 0 Å². The fraction of sp³-hybridized carbons (Fsp3) is 0.500. The zero-order valence-electron chi connectivity index (χ0n) is 12.4. The molecule has 0 bridgehead atoms. The summed E-state index contributed by atoms with van der Waals surface area (Å²) in [6, 6.07) is 6.48. The first-order chi connectivity index (χ1) is 8.96. The van der Waals surface area contributed by atoms with E-state index < -0.39 is 0 Å². The van der Waals surface area contributed by atoms with E-state index in [0.29, 0.717) is 19.0 Å². The van der Waals surface area contributed by atoms with E-state index in [4.69, 9.17) is 4.74 Å². The van der Waals surface area contributed by atoms with Crippen molar-refractivity contribution in [1.82, 2.24) is 10.6 Å². The molecule has 0 spiro atoms. The van der Waals surface area contributed by atoms with Gasteiger partial charge in [0, 0.05) is 27.2 Å². The Kier molecular flexibility index (Phi) is 8.71. The van der Waals surface area contributed by atoms with Crippen LogP contribution in [0.2, 0.25) is 0 Å². The molecule has 6 heteroatoms. The van der Waals surface area contributed by atoms with Crippen molar-refractivity contribution in [3.05, 3.63) is 35.6 Å². The predicted molar refractivity (Wildman–Crippen MR) is 91.1 cm³/mol. The number of methoxy groups -OCH3 is 1. The summed E-state index contributed by atoms with van der Waals surface area (Å²) in [4.78, 5) is 4.11. The lowest BCUT2D eigenvalue weighted by atomic mass is 10.1. The third kappa shape index (κ3) is 7.04. The quantitative estimate of drug-likeness (QED) is 0.458. The normalized spacial score (nSPS) is 11.8. The number of ether oxygens (including phenoxy) is 1. The van der Waals surface area contributed by atoms with Gasteiger partial charge in [-0.25, -0.2) is 4.39 Å². The van der Waals surface area contributed by atoms with Gasteiger partial charge in [-0.3, -0.25) is 4.99 Å². The number of rotatable bonds is 5. The summed E-state index contributed by atoms with van der Waals surface area (Å²) in [7, 11) is 3.37. The fourth-order valence-corrected chi connectivity index (χ4v) is 1.42. The Morgan fingerprint density at radius 2 is 2.05 bits per heavy atom. The Bertz CT molecular complexity index is 438. The van der Waals surface area contributed by atoms with Crippen molar-refractivity contribution in [3.63, 3.8) is 0 Å². The Balaban J connectivity index is 0.00000361. The Morgan fingerprint density at radius 1 is 1.35 bits per heavy atom. The van der Waals surface area contributed by atoms with E-state index in [1.54, 1.807) is 20.2 Å². The molecule has 114 valence electrons. The van der Waals surface area contributed by atoms with Crippen LogP contribution in [0.15, 0.2) is 29.3 Å². The summed E-state index contributed by atoms with van der Waals surface area (Å²) in [6.07, 6.45) is 0. The molecule has 0 atom stereocenters. The van der Waals surface area contributed by atoms with E-state index in [0.717, 1.165) is 5.56 Å². The Hall–Kier alpha value is -0.890. The second kappa shape index (κ2) is 9.12. The van der Waals surface area contributed by atoms with Crippen molar-refractivity contribution in [2.75, 3.05) is 20.7 Å². The minimum absolute atomic E-state index is 0. The average Bonchev–Trinajstić information content (AvgIpc) is 2.39. The van der Waals surface area contributed by atoms with Gasteiger partial charge in [-0.05, 0) is 31.5 Å². The summed E-state index contributed by atoms with van der Waals surface area (Å²) < 4.78 is 18.3. The van der Waals surface area contributed by atoms with Crippen LogP contribution < -0.4 is 10.6 Å². The van der Waals surface area contributed by atoms with E-state index in [2.05, 4.69) is 15.6 Å². The number of hydrogen-bond donors (Lipinski definition) is 2. The third-order valence-electron chi connectivity index (χ3n) is 2.81. The highest BCUT2D eigenvalue weighted by Crippen LogP contribution is 2.05. The molecule has 0 heterocycles. The van der Waals surface area contributed by atoms with Gasteiger partial charge < -0.3 is 15.4 Å². The second-order valence-electron chi connectivity index (χ2n) is 4.87. The van der Waals surface area contributed by atoms with Crippen molar-refractivity contribution in [2.45, 2.75) is 26.0 Å². The lowest BCUT2D eigenvalue weighted by molar-refractivity contribution is 0.0268. The lowest BCUT2D eigenvalue weighted by Crippen LogP contribution is -2.45. The second-order valence-corrected chi connectivity index (χ2v) is 4.87. The Morgan fingerprint density at radius 3 is 2.60 bits per heavy atom. The van der Waals surface area contributed by atoms with Gasteiger partial charge in [-0.1, -0.05) is 12.1 Å². The number of nitrogens with one attached hydrogen (secondary N) is 2. The monoisotopic (exact) mass is 395 g/mol. The smallest absolute Gasteiger partial charge is 0.191 e. The summed E-state index contributed by atoms with van der Waals surface area (Å²) in [5.74, 6) is 0.428. The zero-order chi connectivity index (χ0) is 14.3. The summed E-state index contributed by atoms with van der Waals surface area (Å²) >= 11 is 0. The van der Waals surface area contributed by atoms with Crippen molar-refractivity contribution >= 4 is 29.9 Å². The number of benzene rings is 1. The van der Waals surface area contributed by atoms with Gasteiger partial charge in [0.1, 0.15) is 5.82 Å².